The Morgan fingerprint density at radius 2 is 2.07 bits per heavy atom. The first-order valence-electron chi connectivity index (χ1n) is 5.04. The van der Waals surface area contributed by atoms with Crippen LogP contribution in [0, 0.1) is 6.57 Å². The normalized spacial score (nSPS) is 21.5. The molecule has 0 aromatic rings. The Morgan fingerprint density at radius 3 is 2.53 bits per heavy atom. The lowest BCUT2D eigenvalue weighted by molar-refractivity contribution is -0.0665. The molecule has 0 aromatic carbocycles. The molecule has 1 unspecified atom stereocenters. The van der Waals surface area contributed by atoms with E-state index in [0.29, 0.717) is 26.1 Å². The van der Waals surface area contributed by atoms with Crippen LogP contribution in [0.25, 0.3) is 4.85 Å². The van der Waals surface area contributed by atoms with Crippen LogP contribution in [-0.2, 0) is 9.47 Å². The van der Waals surface area contributed by atoms with E-state index in [4.69, 9.17) is 26.3 Å². The second kappa shape index (κ2) is 5.42. The van der Waals surface area contributed by atoms with E-state index < -0.39 is 11.8 Å². The summed E-state index contributed by atoms with van der Waals surface area (Å²) in [6, 6.07) is 0. The van der Waals surface area contributed by atoms with E-state index in [1.54, 1.807) is 6.92 Å². The largest absolute Gasteiger partial charge is 0.368 e. The molecule has 15 heavy (non-hydrogen) atoms. The Bertz CT molecular complexity index is 232. The molecule has 1 rings (SSSR count). The Labute approximate surface area is 89.4 Å². The van der Waals surface area contributed by atoms with Gasteiger partial charge in [-0.2, -0.15) is 0 Å². The average molecular weight is 215 g/mol. The van der Waals surface area contributed by atoms with Crippen molar-refractivity contribution in [3.8, 4) is 0 Å². The van der Waals surface area contributed by atoms with Crippen molar-refractivity contribution in [2.75, 3.05) is 13.2 Å². The first-order chi connectivity index (χ1) is 7.06. The van der Waals surface area contributed by atoms with Crippen molar-refractivity contribution in [3.05, 3.63) is 11.4 Å². The summed E-state index contributed by atoms with van der Waals surface area (Å²) in [5.74, 6) is 0. The molecule has 0 radical (unpaired) electrons. The van der Waals surface area contributed by atoms with Crippen LogP contribution in [0.4, 0.5) is 0 Å². The van der Waals surface area contributed by atoms with Gasteiger partial charge in [0.15, 0.2) is 12.6 Å². The Balaban J connectivity index is 2.41. The molecule has 0 bridgehead atoms. The van der Waals surface area contributed by atoms with Gasteiger partial charge in [0.25, 0.3) is 0 Å². The molecule has 1 atom stereocenters. The van der Waals surface area contributed by atoms with E-state index in [1.165, 1.54) is 0 Å². The standard InChI is InChI=1S/C10H17NO4/c1-10(11-2,4-3-8(12)13)7-9-14-5-6-15-9/h8-9,12-13H,3-7H2,1H3. The third-order valence-corrected chi connectivity index (χ3v) is 2.51. The third kappa shape index (κ3) is 4.14. The zero-order valence-electron chi connectivity index (χ0n) is 8.85. The van der Waals surface area contributed by atoms with Crippen molar-refractivity contribution in [1.82, 2.24) is 0 Å². The highest BCUT2D eigenvalue weighted by Crippen LogP contribution is 2.27. The molecule has 1 saturated heterocycles. The van der Waals surface area contributed by atoms with E-state index in [1.807, 2.05) is 0 Å². The number of nitrogens with zero attached hydrogens (tertiary/aromatic N) is 1. The molecule has 0 spiro atoms. The zero-order valence-corrected chi connectivity index (χ0v) is 8.85. The number of aliphatic hydroxyl groups is 2. The molecule has 1 fully saturated rings. The maximum Gasteiger partial charge on any atom is 0.235 e. The van der Waals surface area contributed by atoms with Gasteiger partial charge in [-0.3, -0.25) is 0 Å². The van der Waals surface area contributed by atoms with Crippen LogP contribution < -0.4 is 0 Å². The van der Waals surface area contributed by atoms with Gasteiger partial charge in [-0.05, 0) is 0 Å². The van der Waals surface area contributed by atoms with E-state index >= 15 is 0 Å². The molecule has 1 aliphatic rings. The molecule has 86 valence electrons. The molecule has 5 heteroatoms. The summed E-state index contributed by atoms with van der Waals surface area (Å²) in [6.45, 7) is 10.0. The second-order valence-electron chi connectivity index (χ2n) is 4.00. The number of aliphatic hydroxyl groups excluding tert-OH is 1. The Kier molecular flexibility index (Phi) is 4.48. The number of rotatable bonds is 5. The summed E-state index contributed by atoms with van der Waals surface area (Å²) in [6.07, 6.45) is -0.567. The topological polar surface area (TPSA) is 63.3 Å². The number of hydrogen-bond donors (Lipinski definition) is 2. The molecule has 5 nitrogen and oxygen atoms in total. The van der Waals surface area contributed by atoms with Crippen molar-refractivity contribution >= 4 is 0 Å². The highest BCUT2D eigenvalue weighted by atomic mass is 16.7. The van der Waals surface area contributed by atoms with Crippen LogP contribution in [0.15, 0.2) is 0 Å². The summed E-state index contributed by atoms with van der Waals surface area (Å²) in [7, 11) is 0. The molecule has 0 aliphatic carbocycles. The fourth-order valence-corrected chi connectivity index (χ4v) is 1.53. The Morgan fingerprint density at radius 1 is 1.47 bits per heavy atom. The lowest BCUT2D eigenvalue weighted by Gasteiger charge is -2.20. The van der Waals surface area contributed by atoms with Crippen molar-refractivity contribution in [3.63, 3.8) is 0 Å². The molecule has 0 aromatic heterocycles. The van der Waals surface area contributed by atoms with E-state index in [9.17, 15) is 0 Å². The maximum atomic E-state index is 8.76. The Hall–Kier alpha value is -0.670. The van der Waals surface area contributed by atoms with Crippen molar-refractivity contribution in [1.29, 1.82) is 0 Å². The average Bonchev–Trinajstić information content (AvgIpc) is 2.67. The summed E-state index contributed by atoms with van der Waals surface area (Å²) in [5.41, 5.74) is -0.640. The maximum absolute atomic E-state index is 8.76. The summed E-state index contributed by atoms with van der Waals surface area (Å²) in [5, 5.41) is 17.5. The highest BCUT2D eigenvalue weighted by molar-refractivity contribution is 4.95. The van der Waals surface area contributed by atoms with Gasteiger partial charge in [0.05, 0.1) is 19.6 Å². The van der Waals surface area contributed by atoms with Gasteiger partial charge in [-0.25, -0.2) is 6.57 Å². The van der Waals surface area contributed by atoms with Crippen LogP contribution >= 0.6 is 0 Å². The van der Waals surface area contributed by atoms with Crippen LogP contribution in [-0.4, -0.2) is 41.5 Å². The summed E-state index contributed by atoms with van der Waals surface area (Å²) in [4.78, 5) is 3.52. The fourth-order valence-electron chi connectivity index (χ4n) is 1.53. The quantitative estimate of drug-likeness (QED) is 0.518. The van der Waals surface area contributed by atoms with Gasteiger partial charge in [0.2, 0.25) is 5.54 Å². The van der Waals surface area contributed by atoms with Gasteiger partial charge < -0.3 is 24.5 Å². The second-order valence-corrected chi connectivity index (χ2v) is 4.00. The number of hydrogen-bond acceptors (Lipinski definition) is 4. The first-order valence-corrected chi connectivity index (χ1v) is 5.04. The summed E-state index contributed by atoms with van der Waals surface area (Å²) >= 11 is 0. The third-order valence-electron chi connectivity index (χ3n) is 2.51. The van der Waals surface area contributed by atoms with Crippen molar-refractivity contribution in [2.45, 2.75) is 44.3 Å². The minimum absolute atomic E-state index is 0.200. The van der Waals surface area contributed by atoms with Crippen LogP contribution in [0.1, 0.15) is 26.2 Å². The fraction of sp³-hybridized carbons (Fsp3) is 0.900. The molecule has 0 saturated carbocycles. The number of ether oxygens (including phenoxy) is 2. The molecule has 1 aliphatic heterocycles. The van der Waals surface area contributed by atoms with E-state index in [-0.39, 0.29) is 12.7 Å². The smallest absolute Gasteiger partial charge is 0.235 e. The summed E-state index contributed by atoms with van der Waals surface area (Å²) < 4.78 is 10.5. The first kappa shape index (κ1) is 12.4. The van der Waals surface area contributed by atoms with E-state index in [2.05, 4.69) is 4.85 Å². The van der Waals surface area contributed by atoms with Crippen LogP contribution in [0.2, 0.25) is 0 Å². The SMILES string of the molecule is [C-]#[N+]C(C)(CCC(O)O)CC1OCCO1. The van der Waals surface area contributed by atoms with Crippen molar-refractivity contribution in [2.24, 2.45) is 0 Å². The van der Waals surface area contributed by atoms with Crippen LogP contribution in [0.5, 0.6) is 0 Å². The predicted molar refractivity (Wildman–Crippen MR) is 52.8 cm³/mol. The molecular formula is C10H17NO4. The lowest BCUT2D eigenvalue weighted by Crippen LogP contribution is -2.28. The highest BCUT2D eigenvalue weighted by Gasteiger charge is 2.36. The molecule has 0 amide bonds. The molecular weight excluding hydrogens is 198 g/mol. The predicted octanol–water partition coefficient (Wildman–Crippen LogP) is 0.518. The van der Waals surface area contributed by atoms with Gasteiger partial charge in [0.1, 0.15) is 0 Å². The van der Waals surface area contributed by atoms with Gasteiger partial charge >= 0.3 is 0 Å². The monoisotopic (exact) mass is 215 g/mol. The minimum Gasteiger partial charge on any atom is -0.368 e. The van der Waals surface area contributed by atoms with Gasteiger partial charge in [-0.15, -0.1) is 0 Å². The van der Waals surface area contributed by atoms with Crippen LogP contribution in [0.3, 0.4) is 0 Å². The minimum atomic E-state index is -1.35. The molecule has 1 heterocycles. The molecule has 2 N–H and O–H groups in total. The van der Waals surface area contributed by atoms with Gasteiger partial charge in [-0.1, -0.05) is 0 Å². The van der Waals surface area contributed by atoms with E-state index in [0.717, 1.165) is 0 Å². The zero-order chi connectivity index (χ0) is 11.3. The van der Waals surface area contributed by atoms with Gasteiger partial charge in [0, 0.05) is 19.8 Å². The van der Waals surface area contributed by atoms with Crippen molar-refractivity contribution < 1.29 is 19.7 Å². The lowest BCUT2D eigenvalue weighted by atomic mass is 9.92.